The van der Waals surface area contributed by atoms with Crippen LogP contribution in [0.1, 0.15) is 50.5 Å². The molecule has 1 amide bonds. The van der Waals surface area contributed by atoms with Gasteiger partial charge in [-0.25, -0.2) is 0 Å². The van der Waals surface area contributed by atoms with E-state index in [4.69, 9.17) is 4.74 Å². The maximum absolute atomic E-state index is 12.9. The van der Waals surface area contributed by atoms with Gasteiger partial charge in [-0.05, 0) is 49.0 Å². The fourth-order valence-corrected chi connectivity index (χ4v) is 4.74. The summed E-state index contributed by atoms with van der Waals surface area (Å²) in [6.07, 6.45) is 9.48. The van der Waals surface area contributed by atoms with Gasteiger partial charge >= 0.3 is 0 Å². The first-order chi connectivity index (χ1) is 12.6. The van der Waals surface area contributed by atoms with Gasteiger partial charge in [-0.15, -0.1) is 0 Å². The molecule has 4 heteroatoms. The van der Waals surface area contributed by atoms with Crippen LogP contribution in [0.2, 0.25) is 0 Å². The summed E-state index contributed by atoms with van der Waals surface area (Å²) >= 11 is 0. The predicted octanol–water partition coefficient (Wildman–Crippen LogP) is 4.07. The van der Waals surface area contributed by atoms with E-state index in [-0.39, 0.29) is 11.5 Å². The van der Waals surface area contributed by atoms with Gasteiger partial charge in [0.25, 0.3) is 0 Å². The minimum absolute atomic E-state index is 0.212. The van der Waals surface area contributed by atoms with E-state index in [2.05, 4.69) is 48.2 Å². The molecule has 0 aromatic heterocycles. The number of anilines is 1. The third-order valence-corrected chi connectivity index (χ3v) is 6.25. The van der Waals surface area contributed by atoms with Crippen molar-refractivity contribution in [3.63, 3.8) is 0 Å². The maximum atomic E-state index is 12.9. The number of piperidine rings is 1. The summed E-state index contributed by atoms with van der Waals surface area (Å²) in [7, 11) is 4.13. The van der Waals surface area contributed by atoms with Crippen molar-refractivity contribution >= 4 is 17.2 Å². The SMILES string of the molecule is CN(C)c1cccc(C2=COC3(CCCN(C(=O)C4CCCC4)C3)C2)c1. The second-order valence-electron chi connectivity index (χ2n) is 8.41. The number of rotatable bonds is 3. The van der Waals surface area contributed by atoms with E-state index in [9.17, 15) is 4.79 Å². The fourth-order valence-electron chi connectivity index (χ4n) is 4.74. The lowest BCUT2D eigenvalue weighted by Gasteiger charge is -2.40. The molecule has 0 radical (unpaired) electrons. The first kappa shape index (κ1) is 17.4. The molecule has 2 aliphatic heterocycles. The van der Waals surface area contributed by atoms with Crippen molar-refractivity contribution in [2.45, 2.75) is 50.5 Å². The Morgan fingerprint density at radius 1 is 1.23 bits per heavy atom. The van der Waals surface area contributed by atoms with Crippen LogP contribution in [0, 0.1) is 5.92 Å². The van der Waals surface area contributed by atoms with E-state index < -0.39 is 0 Å². The van der Waals surface area contributed by atoms with Gasteiger partial charge in [0, 0.05) is 38.7 Å². The first-order valence-electron chi connectivity index (χ1n) is 10.00. The molecule has 1 saturated carbocycles. The van der Waals surface area contributed by atoms with E-state index in [1.54, 1.807) is 0 Å². The summed E-state index contributed by atoms with van der Waals surface area (Å²) < 4.78 is 6.22. The Morgan fingerprint density at radius 2 is 2.04 bits per heavy atom. The topological polar surface area (TPSA) is 32.8 Å². The van der Waals surface area contributed by atoms with Crippen LogP contribution in [0.3, 0.4) is 0 Å². The summed E-state index contributed by atoms with van der Waals surface area (Å²) in [5.41, 5.74) is 3.47. The summed E-state index contributed by atoms with van der Waals surface area (Å²) in [5.74, 6) is 0.629. The molecule has 26 heavy (non-hydrogen) atoms. The van der Waals surface area contributed by atoms with Crippen LogP contribution in [0.5, 0.6) is 0 Å². The van der Waals surface area contributed by atoms with E-state index in [1.165, 1.54) is 29.7 Å². The van der Waals surface area contributed by atoms with E-state index in [0.717, 1.165) is 45.2 Å². The average Bonchev–Trinajstić information content (AvgIpc) is 3.32. The van der Waals surface area contributed by atoms with Gasteiger partial charge in [-0.3, -0.25) is 4.79 Å². The van der Waals surface area contributed by atoms with Gasteiger partial charge in [-0.2, -0.15) is 0 Å². The molecule has 1 aromatic rings. The standard InChI is InChI=1S/C22H30N2O2/c1-23(2)20-10-5-9-18(13-20)19-14-22(26-15-19)11-6-12-24(16-22)21(25)17-7-3-4-8-17/h5,9-10,13,15,17H,3-4,6-8,11-12,14,16H2,1-2H3. The molecule has 1 saturated heterocycles. The summed E-state index contributed by atoms with van der Waals surface area (Å²) in [6, 6.07) is 8.61. The summed E-state index contributed by atoms with van der Waals surface area (Å²) in [4.78, 5) is 17.1. The summed E-state index contributed by atoms with van der Waals surface area (Å²) in [5, 5.41) is 0. The number of ether oxygens (including phenoxy) is 1. The van der Waals surface area contributed by atoms with Crippen molar-refractivity contribution in [2.75, 3.05) is 32.1 Å². The zero-order chi connectivity index (χ0) is 18.1. The average molecular weight is 354 g/mol. The number of hydrogen-bond acceptors (Lipinski definition) is 3. The Labute approximate surface area is 156 Å². The quantitative estimate of drug-likeness (QED) is 0.820. The predicted molar refractivity (Wildman–Crippen MR) is 105 cm³/mol. The molecule has 0 N–H and O–H groups in total. The molecule has 4 rings (SSSR count). The van der Waals surface area contributed by atoms with Gasteiger partial charge in [0.2, 0.25) is 5.91 Å². The molecule has 1 aliphatic carbocycles. The molecule has 1 unspecified atom stereocenters. The Hall–Kier alpha value is -1.97. The van der Waals surface area contributed by atoms with Gasteiger partial charge in [-0.1, -0.05) is 25.0 Å². The Bertz CT molecular complexity index is 706. The minimum Gasteiger partial charge on any atom is -0.492 e. The molecule has 4 nitrogen and oxygen atoms in total. The number of carbonyl (C=O) groups is 1. The number of carbonyl (C=O) groups excluding carboxylic acids is 1. The largest absolute Gasteiger partial charge is 0.492 e. The molecule has 3 aliphatic rings. The molecular weight excluding hydrogens is 324 g/mol. The lowest BCUT2D eigenvalue weighted by Crippen LogP contribution is -2.51. The smallest absolute Gasteiger partial charge is 0.225 e. The van der Waals surface area contributed by atoms with Crippen molar-refractivity contribution in [1.29, 1.82) is 0 Å². The van der Waals surface area contributed by atoms with Crippen LogP contribution in [0.4, 0.5) is 5.69 Å². The van der Waals surface area contributed by atoms with Crippen molar-refractivity contribution < 1.29 is 9.53 Å². The Balaban J connectivity index is 1.46. The molecule has 140 valence electrons. The third-order valence-electron chi connectivity index (χ3n) is 6.25. The van der Waals surface area contributed by atoms with E-state index >= 15 is 0 Å². The molecule has 1 spiro atoms. The molecule has 1 atom stereocenters. The molecule has 1 aromatic carbocycles. The Morgan fingerprint density at radius 3 is 2.81 bits per heavy atom. The molecule has 2 fully saturated rings. The van der Waals surface area contributed by atoms with Crippen LogP contribution < -0.4 is 4.90 Å². The number of amides is 1. The molecular formula is C22H30N2O2. The Kier molecular flexibility index (Phi) is 4.68. The van der Waals surface area contributed by atoms with Crippen LogP contribution >= 0.6 is 0 Å². The lowest BCUT2D eigenvalue weighted by atomic mass is 9.85. The van der Waals surface area contributed by atoms with Crippen molar-refractivity contribution in [3.05, 3.63) is 36.1 Å². The highest BCUT2D eigenvalue weighted by atomic mass is 16.5. The lowest BCUT2D eigenvalue weighted by molar-refractivity contribution is -0.141. The van der Waals surface area contributed by atoms with Crippen LogP contribution in [-0.2, 0) is 9.53 Å². The van der Waals surface area contributed by atoms with Crippen molar-refractivity contribution in [2.24, 2.45) is 5.92 Å². The highest BCUT2D eigenvalue weighted by Crippen LogP contribution is 2.41. The van der Waals surface area contributed by atoms with Gasteiger partial charge in [0.05, 0.1) is 12.8 Å². The zero-order valence-electron chi connectivity index (χ0n) is 16.0. The first-order valence-corrected chi connectivity index (χ1v) is 10.00. The van der Waals surface area contributed by atoms with Crippen LogP contribution in [0.25, 0.3) is 5.57 Å². The highest BCUT2D eigenvalue weighted by molar-refractivity contribution is 5.79. The number of benzene rings is 1. The highest BCUT2D eigenvalue weighted by Gasteiger charge is 2.43. The molecule has 2 heterocycles. The van der Waals surface area contributed by atoms with E-state index in [0.29, 0.717) is 5.91 Å². The number of hydrogen-bond donors (Lipinski definition) is 0. The van der Waals surface area contributed by atoms with Gasteiger partial charge < -0.3 is 14.5 Å². The molecule has 0 bridgehead atoms. The van der Waals surface area contributed by atoms with E-state index in [1.807, 2.05) is 6.26 Å². The summed E-state index contributed by atoms with van der Waals surface area (Å²) in [6.45, 7) is 1.64. The van der Waals surface area contributed by atoms with Crippen molar-refractivity contribution in [3.8, 4) is 0 Å². The van der Waals surface area contributed by atoms with Crippen LogP contribution in [-0.4, -0.2) is 43.6 Å². The van der Waals surface area contributed by atoms with Crippen LogP contribution in [0.15, 0.2) is 30.5 Å². The fraction of sp³-hybridized carbons (Fsp3) is 0.591. The number of likely N-dealkylation sites (tertiary alicyclic amines) is 1. The maximum Gasteiger partial charge on any atom is 0.225 e. The van der Waals surface area contributed by atoms with Crippen molar-refractivity contribution in [1.82, 2.24) is 4.90 Å². The second kappa shape index (κ2) is 6.98. The monoisotopic (exact) mass is 354 g/mol. The number of nitrogens with zero attached hydrogens (tertiary/aromatic N) is 2. The minimum atomic E-state index is -0.212. The van der Waals surface area contributed by atoms with Gasteiger partial charge in [0.1, 0.15) is 5.60 Å². The normalized spacial score (nSPS) is 26.1. The second-order valence-corrected chi connectivity index (χ2v) is 8.41. The van der Waals surface area contributed by atoms with Gasteiger partial charge in [0.15, 0.2) is 0 Å². The third kappa shape index (κ3) is 3.34. The zero-order valence-corrected chi connectivity index (χ0v) is 16.0.